The van der Waals surface area contributed by atoms with Crippen molar-refractivity contribution >= 4 is 214 Å². The molecular formula is C108H126Ag2Cl12N4O10Si2. The van der Waals surface area contributed by atoms with E-state index in [1.165, 1.54) is 0 Å². The molecule has 10 aromatic rings. The van der Waals surface area contributed by atoms with Gasteiger partial charge < -0.3 is 0 Å². The Labute approximate surface area is 926 Å². The minimum atomic E-state index is -5.25. The first-order chi connectivity index (χ1) is 66.8. The third-order valence-corrected chi connectivity index (χ3v) is 31.7. The van der Waals surface area contributed by atoms with E-state index < -0.39 is 59.2 Å². The molecule has 0 unspecified atom stereocenters. The van der Waals surface area contributed by atoms with Crippen LogP contribution < -0.4 is 55.3 Å². The van der Waals surface area contributed by atoms with E-state index in [4.69, 9.17) is 81.3 Å². The SMILES string of the molecule is CC(C)(C)c1cc(C(C)(C)C)c2c3c1C=Nc1cccc4c1Oc1c(cccc1C4(C)C)N=Cc1c(C(C)(C)C)cc(C(C)(C)C)c4c1O[Si-](c1ccccc1)(O2)(O4)O3.CC(C)(C)c1cc(C(C)(C)C)c2c3c1C=Nc1cccc4c1Oc1c(cccc1C4(C)C)N=Cc1c(C(C)(C)C)cc(C(C)(C)C)c4c1O[Si-](c1ccccc1)(O2)(O4)O3.[2H]C([2H])(Cl)Cl.[2H]C([2H])(Cl)Cl.[2H]C([2H])(Cl)Cl.[2H]C([2H])(Cl)Cl.[2H]C([2H])(Cl)Cl.[2H]C([2H])(Cl)Cl.[Ag+].[Ag+]. The maximum Gasteiger partial charge on any atom is 1.00 e. The van der Waals surface area contributed by atoms with Crippen molar-refractivity contribution in [2.45, 2.75) is 248 Å². The molecule has 0 aliphatic carbocycles. The first-order valence-corrected chi connectivity index (χ1v) is 52.8. The van der Waals surface area contributed by atoms with Crippen molar-refractivity contribution in [1.29, 1.82) is 0 Å². The van der Waals surface area contributed by atoms with Gasteiger partial charge in [0.1, 0.15) is 0 Å². The molecule has 0 aromatic heterocycles. The van der Waals surface area contributed by atoms with E-state index in [-0.39, 0.29) is 88.1 Å². The van der Waals surface area contributed by atoms with Crippen molar-refractivity contribution in [1.82, 2.24) is 0 Å². The number of hydrogen-bond donors (Lipinski definition) is 0. The van der Waals surface area contributed by atoms with Gasteiger partial charge in [-0.3, -0.25) is 0 Å². The summed E-state index contributed by atoms with van der Waals surface area (Å²) in [6.45, 7) is 62.2. The van der Waals surface area contributed by atoms with Crippen molar-refractivity contribution in [3.8, 4) is 69.0 Å². The Hall–Kier alpha value is -5.73. The number of rotatable bonds is 2. The van der Waals surface area contributed by atoms with Gasteiger partial charge in [0, 0.05) is 0 Å². The quantitative estimate of drug-likeness (QED) is 0.121. The topological polar surface area (TPSA) is 142 Å². The summed E-state index contributed by atoms with van der Waals surface area (Å²) >= 11 is 55.5. The van der Waals surface area contributed by atoms with Crippen LogP contribution in [0.5, 0.6) is 69.0 Å². The molecular weight excluding hydrogens is 2210 g/mol. The van der Waals surface area contributed by atoms with Crippen LogP contribution in [0.4, 0.5) is 22.7 Å². The second-order valence-electron chi connectivity index (χ2n) is 43.1. The minimum Gasteiger partial charge on any atom is -0.109 e. The van der Waals surface area contributed by atoms with Crippen molar-refractivity contribution in [2.75, 3.05) is 31.7 Å². The van der Waals surface area contributed by atoms with E-state index in [2.05, 4.69) is 406 Å². The molecule has 14 nitrogen and oxygen atoms in total. The maximum absolute atomic E-state index is 7.64. The van der Waals surface area contributed by atoms with Gasteiger partial charge >= 0.3 is 748 Å². The van der Waals surface area contributed by atoms with Gasteiger partial charge in [0.15, 0.2) is 0 Å². The van der Waals surface area contributed by atoms with Gasteiger partial charge in [0.05, 0.1) is 48.2 Å². The average Bonchev–Trinajstić information content (AvgIpc) is 1.50. The molecule has 10 bridgehead atoms. The molecule has 0 saturated carbocycles. The van der Waals surface area contributed by atoms with E-state index in [0.717, 1.165) is 89.0 Å². The molecule has 10 aromatic carbocycles. The molecule has 0 N–H and O–H groups in total. The second kappa shape index (κ2) is 43.5. The Bertz CT molecular complexity index is 6050. The number of para-hydroxylation sites is 4. The second-order valence-corrected chi connectivity index (χ2v) is 52.9. The van der Waals surface area contributed by atoms with Gasteiger partial charge in [-0.1, -0.05) is 0 Å². The Morgan fingerprint density at radius 1 is 0.239 bits per heavy atom. The zero-order valence-corrected chi connectivity index (χ0v) is 96.4. The monoisotopic (exact) mass is 2340 g/mol. The van der Waals surface area contributed by atoms with Crippen molar-refractivity contribution in [3.05, 3.63) is 247 Å². The minimum absolute atomic E-state index is 0. The fourth-order valence-electron chi connectivity index (χ4n) is 18.1. The Kier molecular flexibility index (Phi) is 31.0. The zero-order chi connectivity index (χ0) is 112. The fraction of sp³-hybridized carbons (Fsp3) is 0.407. The number of ether oxygens (including phenoxy) is 2. The van der Waals surface area contributed by atoms with E-state index in [1.807, 2.05) is 110 Å². The molecule has 8 aliphatic heterocycles. The van der Waals surface area contributed by atoms with Crippen molar-refractivity contribution in [3.63, 3.8) is 0 Å². The van der Waals surface area contributed by atoms with E-state index in [1.54, 1.807) is 0 Å². The van der Waals surface area contributed by atoms with Crippen molar-refractivity contribution < 1.29 is 106 Å². The molecule has 8 heterocycles. The van der Waals surface area contributed by atoms with Gasteiger partial charge in [-0.15, -0.1) is 139 Å². The molecule has 0 amide bonds. The van der Waals surface area contributed by atoms with Gasteiger partial charge in [-0.2, -0.15) is 0 Å². The van der Waals surface area contributed by atoms with Crippen LogP contribution >= 0.6 is 139 Å². The van der Waals surface area contributed by atoms with E-state index in [9.17, 15) is 0 Å². The zero-order valence-electron chi connectivity index (χ0n) is 94.3. The largest absolute Gasteiger partial charge is 1.00 e. The number of alkyl halides is 12. The standard InChI is InChI=1S/2C51H57N2O5Si.6CH2Cl2.2Ag/c2*1-47(2,3)35-26-37(49(7,8)9)45-41-31(35)28-52-39-24-18-22-33-43(39)54-44-34(51(33,13)14)23-19-25-40(44)53-29-32-36(48(4,5)6)27-38(50(10,11)12)46-42(32)56-59(55-41,57-45,58-46)30-20-16-15-17-21-30;6*2-1-3;;/h2*15-29H,1-14H3;6*1H2;;/q2*-1;;;;;;;2*+1/i;;6*1D2;;. The normalized spacial score (nSPS) is 18.4. The summed E-state index contributed by atoms with van der Waals surface area (Å²) in [5, 5.41) is -10.9. The third kappa shape index (κ3) is 22.6. The molecule has 0 atom stereocenters. The van der Waals surface area contributed by atoms with E-state index >= 15 is 0 Å². The van der Waals surface area contributed by atoms with Crippen LogP contribution in [0.1, 0.15) is 299 Å². The summed E-state index contributed by atoms with van der Waals surface area (Å²) in [5.74, 6) is 7.51. The predicted octanol–water partition coefficient (Wildman–Crippen LogP) is 33.8. The first kappa shape index (κ1) is 98.3. The molecule has 30 heteroatoms. The number of benzene rings is 10. The molecule has 8 aliphatic rings. The average molecular weight is 2350 g/mol. The Balaban J connectivity index is 0.000000259. The summed E-state index contributed by atoms with van der Waals surface area (Å²) in [4.78, 5) is 21.1. The van der Waals surface area contributed by atoms with Crippen LogP contribution in [0.25, 0.3) is 0 Å². The molecule has 138 heavy (non-hydrogen) atoms. The van der Waals surface area contributed by atoms with Crippen LogP contribution in [0.15, 0.2) is 178 Å². The Morgan fingerprint density at radius 3 is 0.572 bits per heavy atom. The van der Waals surface area contributed by atoms with Crippen LogP contribution in [-0.4, -0.2) is 73.3 Å². The summed E-state index contributed by atoms with van der Waals surface area (Å²) in [6.07, 6.45) is 7.69. The molecule has 752 valence electrons. The maximum atomic E-state index is 7.64. The smallest absolute Gasteiger partial charge is 0.109 e. The molecule has 0 radical (unpaired) electrons. The number of hydrogen-bond acceptors (Lipinski definition) is 14. The van der Waals surface area contributed by atoms with Gasteiger partial charge in [-0.25, -0.2) is 0 Å². The summed E-state index contributed by atoms with van der Waals surface area (Å²) in [6, 6.07) is 53.9. The van der Waals surface area contributed by atoms with Gasteiger partial charge in [0.25, 0.3) is 0 Å². The predicted molar refractivity (Wildman–Crippen MR) is 583 cm³/mol. The third-order valence-electron chi connectivity index (χ3n) is 24.7. The number of aliphatic imine (C=N–C) groups is 4. The summed E-state index contributed by atoms with van der Waals surface area (Å²) in [7, 11) is -10.5. The Morgan fingerprint density at radius 2 is 0.406 bits per heavy atom. The summed E-state index contributed by atoms with van der Waals surface area (Å²) in [5.41, 5.74) is 15.1. The summed E-state index contributed by atoms with van der Waals surface area (Å²) < 4.78 is 148. The first-order valence-electron chi connectivity index (χ1n) is 50.0. The number of halogens is 12. The number of nitrogens with zero attached hydrogens (tertiary/aromatic N) is 4. The van der Waals surface area contributed by atoms with Gasteiger partial charge in [-0.05, 0) is 0 Å². The van der Waals surface area contributed by atoms with Crippen LogP contribution in [0.2, 0.25) is 0 Å². The molecule has 0 fully saturated rings. The molecule has 0 saturated heterocycles. The van der Waals surface area contributed by atoms with Crippen LogP contribution in [-0.2, 0) is 98.9 Å². The molecule has 2 spiro atoms. The van der Waals surface area contributed by atoms with E-state index in [0.29, 0.717) is 102 Å². The van der Waals surface area contributed by atoms with Gasteiger partial charge in [0.2, 0.25) is 0 Å². The molecule has 18 rings (SSSR count). The van der Waals surface area contributed by atoms with Crippen LogP contribution in [0.3, 0.4) is 0 Å². The van der Waals surface area contributed by atoms with Crippen molar-refractivity contribution in [2.24, 2.45) is 20.0 Å². The fourth-order valence-corrected chi connectivity index (χ4v) is 25.5. The van der Waals surface area contributed by atoms with Crippen LogP contribution in [0, 0.1) is 0 Å².